The second-order valence-corrected chi connectivity index (χ2v) is 4.89. The second kappa shape index (κ2) is 4.56. The SMILES string of the molecule is Oc1ccc(N2c3ccccc3Oc3ccccc32)cc1. The van der Waals surface area contributed by atoms with E-state index in [0.717, 1.165) is 28.6 Å². The maximum Gasteiger partial charge on any atom is 0.151 e. The van der Waals surface area contributed by atoms with Crippen molar-refractivity contribution in [3.05, 3.63) is 72.8 Å². The van der Waals surface area contributed by atoms with Crippen LogP contribution in [0.25, 0.3) is 0 Å². The highest BCUT2D eigenvalue weighted by Gasteiger charge is 2.24. The summed E-state index contributed by atoms with van der Waals surface area (Å²) in [6.07, 6.45) is 0. The van der Waals surface area contributed by atoms with Crippen molar-refractivity contribution in [2.45, 2.75) is 0 Å². The molecule has 0 radical (unpaired) electrons. The highest BCUT2D eigenvalue weighted by atomic mass is 16.5. The molecular formula is C18H13NO2. The van der Waals surface area contributed by atoms with Crippen LogP contribution >= 0.6 is 0 Å². The molecule has 1 aliphatic rings. The van der Waals surface area contributed by atoms with Crippen LogP contribution in [0.1, 0.15) is 0 Å². The molecule has 0 spiro atoms. The maximum atomic E-state index is 9.50. The number of ether oxygens (including phenoxy) is 1. The minimum Gasteiger partial charge on any atom is -0.508 e. The molecule has 4 rings (SSSR count). The smallest absolute Gasteiger partial charge is 0.151 e. The quantitative estimate of drug-likeness (QED) is 0.532. The zero-order chi connectivity index (χ0) is 14.2. The number of phenolic OH excluding ortho intramolecular Hbond substituents is 1. The first-order valence-corrected chi connectivity index (χ1v) is 6.78. The minimum absolute atomic E-state index is 0.258. The maximum absolute atomic E-state index is 9.50. The van der Waals surface area contributed by atoms with E-state index in [-0.39, 0.29) is 5.75 Å². The number of anilines is 3. The highest BCUT2D eigenvalue weighted by Crippen LogP contribution is 2.49. The molecule has 0 aromatic heterocycles. The summed E-state index contributed by atoms with van der Waals surface area (Å²) in [5, 5.41) is 9.50. The second-order valence-electron chi connectivity index (χ2n) is 4.89. The van der Waals surface area contributed by atoms with Crippen LogP contribution in [0, 0.1) is 0 Å². The van der Waals surface area contributed by atoms with E-state index in [9.17, 15) is 5.11 Å². The first-order valence-electron chi connectivity index (χ1n) is 6.78. The van der Waals surface area contributed by atoms with Gasteiger partial charge < -0.3 is 14.7 Å². The number of rotatable bonds is 1. The van der Waals surface area contributed by atoms with Crippen molar-refractivity contribution in [1.82, 2.24) is 0 Å². The van der Waals surface area contributed by atoms with Crippen molar-refractivity contribution in [3.8, 4) is 17.2 Å². The monoisotopic (exact) mass is 275 g/mol. The van der Waals surface area contributed by atoms with E-state index >= 15 is 0 Å². The van der Waals surface area contributed by atoms with Gasteiger partial charge in [-0.2, -0.15) is 0 Å². The molecule has 0 fully saturated rings. The van der Waals surface area contributed by atoms with Crippen LogP contribution < -0.4 is 9.64 Å². The fourth-order valence-electron chi connectivity index (χ4n) is 2.58. The summed E-state index contributed by atoms with van der Waals surface area (Å²) >= 11 is 0. The Hall–Kier alpha value is -2.94. The Morgan fingerprint density at radius 1 is 0.667 bits per heavy atom. The van der Waals surface area contributed by atoms with E-state index in [0.29, 0.717) is 0 Å². The lowest BCUT2D eigenvalue weighted by atomic mass is 10.1. The van der Waals surface area contributed by atoms with E-state index in [2.05, 4.69) is 4.90 Å². The Labute approximate surface area is 122 Å². The molecule has 0 saturated heterocycles. The van der Waals surface area contributed by atoms with Gasteiger partial charge in [0.15, 0.2) is 11.5 Å². The fourth-order valence-corrected chi connectivity index (χ4v) is 2.58. The molecule has 1 heterocycles. The number of hydrogen-bond donors (Lipinski definition) is 1. The molecule has 0 unspecified atom stereocenters. The largest absolute Gasteiger partial charge is 0.508 e. The average Bonchev–Trinajstić information content (AvgIpc) is 2.53. The summed E-state index contributed by atoms with van der Waals surface area (Å²) in [4.78, 5) is 2.13. The molecule has 21 heavy (non-hydrogen) atoms. The van der Waals surface area contributed by atoms with E-state index in [1.54, 1.807) is 12.1 Å². The van der Waals surface area contributed by atoms with Gasteiger partial charge >= 0.3 is 0 Å². The number of phenols is 1. The summed E-state index contributed by atoms with van der Waals surface area (Å²) < 4.78 is 5.96. The van der Waals surface area contributed by atoms with Crippen molar-refractivity contribution in [3.63, 3.8) is 0 Å². The van der Waals surface area contributed by atoms with Gasteiger partial charge in [0.2, 0.25) is 0 Å². The Bertz CT molecular complexity index is 751. The topological polar surface area (TPSA) is 32.7 Å². The number of fused-ring (bicyclic) bond motifs is 2. The molecule has 1 N–H and O–H groups in total. The third-order valence-electron chi connectivity index (χ3n) is 3.54. The van der Waals surface area contributed by atoms with E-state index < -0.39 is 0 Å². The molecule has 0 atom stereocenters. The van der Waals surface area contributed by atoms with Crippen LogP contribution in [-0.4, -0.2) is 5.11 Å². The normalized spacial score (nSPS) is 12.3. The van der Waals surface area contributed by atoms with Gasteiger partial charge in [0.25, 0.3) is 0 Å². The van der Waals surface area contributed by atoms with Gasteiger partial charge in [-0.25, -0.2) is 0 Å². The molecule has 0 amide bonds. The lowest BCUT2D eigenvalue weighted by molar-refractivity contribution is 0.474. The number of hydrogen-bond acceptors (Lipinski definition) is 3. The molecular weight excluding hydrogens is 262 g/mol. The van der Waals surface area contributed by atoms with Crippen molar-refractivity contribution < 1.29 is 9.84 Å². The highest BCUT2D eigenvalue weighted by molar-refractivity contribution is 5.86. The van der Waals surface area contributed by atoms with Gasteiger partial charge in [0.1, 0.15) is 5.75 Å². The predicted octanol–water partition coefficient (Wildman–Crippen LogP) is 4.97. The number of benzene rings is 3. The summed E-state index contributed by atoms with van der Waals surface area (Å²) in [5.74, 6) is 1.90. The number of para-hydroxylation sites is 4. The average molecular weight is 275 g/mol. The first-order chi connectivity index (χ1) is 10.3. The van der Waals surface area contributed by atoms with Gasteiger partial charge in [-0.1, -0.05) is 24.3 Å². The molecule has 0 bridgehead atoms. The van der Waals surface area contributed by atoms with Gasteiger partial charge in [-0.3, -0.25) is 0 Å². The Balaban J connectivity index is 1.95. The summed E-state index contributed by atoms with van der Waals surface area (Å²) in [6.45, 7) is 0. The Morgan fingerprint density at radius 3 is 1.76 bits per heavy atom. The van der Waals surface area contributed by atoms with Crippen molar-refractivity contribution >= 4 is 17.1 Å². The minimum atomic E-state index is 0.258. The van der Waals surface area contributed by atoms with Crippen LogP contribution in [0.15, 0.2) is 72.8 Å². The molecule has 1 aliphatic heterocycles. The van der Waals surface area contributed by atoms with Crippen molar-refractivity contribution in [1.29, 1.82) is 0 Å². The number of aromatic hydroxyl groups is 1. The van der Waals surface area contributed by atoms with Crippen LogP contribution in [0.4, 0.5) is 17.1 Å². The summed E-state index contributed by atoms with van der Waals surface area (Å²) in [7, 11) is 0. The first kappa shape index (κ1) is 11.9. The third kappa shape index (κ3) is 1.91. The van der Waals surface area contributed by atoms with Crippen LogP contribution in [0.2, 0.25) is 0 Å². The fraction of sp³-hybridized carbons (Fsp3) is 0. The summed E-state index contributed by atoms with van der Waals surface area (Å²) in [6, 6.07) is 23.0. The molecule has 0 aliphatic carbocycles. The van der Waals surface area contributed by atoms with Crippen LogP contribution in [0.3, 0.4) is 0 Å². The molecule has 3 aromatic rings. The van der Waals surface area contributed by atoms with Gasteiger partial charge in [-0.05, 0) is 48.5 Å². The van der Waals surface area contributed by atoms with Crippen molar-refractivity contribution in [2.75, 3.05) is 4.90 Å². The van der Waals surface area contributed by atoms with Crippen molar-refractivity contribution in [2.24, 2.45) is 0 Å². The van der Waals surface area contributed by atoms with E-state index in [4.69, 9.17) is 4.74 Å². The Kier molecular flexibility index (Phi) is 2.57. The third-order valence-corrected chi connectivity index (χ3v) is 3.54. The molecule has 0 saturated carbocycles. The predicted molar refractivity (Wildman–Crippen MR) is 82.9 cm³/mol. The number of nitrogens with zero attached hydrogens (tertiary/aromatic N) is 1. The zero-order valence-electron chi connectivity index (χ0n) is 11.2. The van der Waals surface area contributed by atoms with Gasteiger partial charge in [-0.15, -0.1) is 0 Å². The van der Waals surface area contributed by atoms with Crippen LogP contribution in [-0.2, 0) is 0 Å². The van der Waals surface area contributed by atoms with E-state index in [1.165, 1.54) is 0 Å². The van der Waals surface area contributed by atoms with E-state index in [1.807, 2.05) is 60.7 Å². The van der Waals surface area contributed by atoms with Gasteiger partial charge in [0, 0.05) is 5.69 Å². The standard InChI is InChI=1S/C18H13NO2/c20-14-11-9-13(10-12-14)19-15-5-1-3-7-17(15)21-18-8-4-2-6-16(18)19/h1-12,20H. The Morgan fingerprint density at radius 2 is 1.19 bits per heavy atom. The molecule has 102 valence electrons. The molecule has 3 nitrogen and oxygen atoms in total. The molecule has 3 heteroatoms. The lowest BCUT2D eigenvalue weighted by Gasteiger charge is -2.32. The lowest BCUT2D eigenvalue weighted by Crippen LogP contribution is -2.15. The van der Waals surface area contributed by atoms with Gasteiger partial charge in [0.05, 0.1) is 11.4 Å². The zero-order valence-corrected chi connectivity index (χ0v) is 11.2. The summed E-state index contributed by atoms with van der Waals surface area (Å²) in [5.41, 5.74) is 2.96. The molecule has 3 aromatic carbocycles. The van der Waals surface area contributed by atoms with Crippen LogP contribution in [0.5, 0.6) is 17.2 Å².